The highest BCUT2D eigenvalue weighted by Gasteiger charge is 2.12. The first-order valence-corrected chi connectivity index (χ1v) is 5.25. The van der Waals surface area contributed by atoms with E-state index in [2.05, 4.69) is 5.32 Å². The van der Waals surface area contributed by atoms with Crippen LogP contribution in [-0.4, -0.2) is 25.7 Å². The zero-order chi connectivity index (χ0) is 12.0. The Labute approximate surface area is 95.6 Å². The second kappa shape index (κ2) is 6.00. The monoisotopic (exact) mass is 223 g/mol. The van der Waals surface area contributed by atoms with Crippen molar-refractivity contribution in [2.75, 3.05) is 13.7 Å². The third-order valence-electron chi connectivity index (χ3n) is 2.09. The summed E-state index contributed by atoms with van der Waals surface area (Å²) in [6.07, 6.45) is -0.492. The lowest BCUT2D eigenvalue weighted by atomic mass is 10.3. The van der Waals surface area contributed by atoms with Crippen molar-refractivity contribution in [3.63, 3.8) is 0 Å². The molecule has 1 aromatic rings. The molecule has 0 aliphatic carbocycles. The Balaban J connectivity index is 2.55. The summed E-state index contributed by atoms with van der Waals surface area (Å²) in [4.78, 5) is 11.4. The second-order valence-electron chi connectivity index (χ2n) is 3.33. The molecule has 0 aliphatic rings. The summed E-state index contributed by atoms with van der Waals surface area (Å²) in [5, 5.41) is 2.70. The second-order valence-corrected chi connectivity index (χ2v) is 3.33. The summed E-state index contributed by atoms with van der Waals surface area (Å²) in [6.45, 7) is 4.20. The molecular weight excluding hydrogens is 206 g/mol. The number of benzene rings is 1. The number of rotatable bonds is 5. The maximum Gasteiger partial charge on any atom is 0.260 e. The number of hydrogen-bond acceptors (Lipinski definition) is 3. The molecular formula is C12H17NO3. The van der Waals surface area contributed by atoms with Gasteiger partial charge in [0, 0.05) is 6.54 Å². The fraction of sp³-hybridized carbons (Fsp3) is 0.417. The van der Waals surface area contributed by atoms with Crippen molar-refractivity contribution in [1.29, 1.82) is 0 Å². The van der Waals surface area contributed by atoms with Gasteiger partial charge in [-0.2, -0.15) is 0 Å². The number of carbonyl (C=O) groups excluding carboxylic acids is 1. The maximum atomic E-state index is 11.4. The summed E-state index contributed by atoms with van der Waals surface area (Å²) in [7, 11) is 1.60. The van der Waals surface area contributed by atoms with Gasteiger partial charge in [-0.05, 0) is 38.1 Å². The van der Waals surface area contributed by atoms with Crippen molar-refractivity contribution < 1.29 is 14.3 Å². The first kappa shape index (κ1) is 12.4. The fourth-order valence-electron chi connectivity index (χ4n) is 1.23. The van der Waals surface area contributed by atoms with E-state index in [4.69, 9.17) is 9.47 Å². The van der Waals surface area contributed by atoms with E-state index in [0.29, 0.717) is 12.3 Å². The number of carbonyl (C=O) groups is 1. The van der Waals surface area contributed by atoms with Gasteiger partial charge in [0.05, 0.1) is 7.11 Å². The van der Waals surface area contributed by atoms with Gasteiger partial charge in [-0.15, -0.1) is 0 Å². The predicted molar refractivity (Wildman–Crippen MR) is 61.8 cm³/mol. The molecule has 0 fully saturated rings. The van der Waals surface area contributed by atoms with Crippen LogP contribution in [0.25, 0.3) is 0 Å². The Kier molecular flexibility index (Phi) is 4.64. The molecule has 1 amide bonds. The molecule has 16 heavy (non-hydrogen) atoms. The van der Waals surface area contributed by atoms with Gasteiger partial charge in [-0.3, -0.25) is 4.79 Å². The molecule has 0 aliphatic heterocycles. The van der Waals surface area contributed by atoms with E-state index in [9.17, 15) is 4.79 Å². The minimum absolute atomic E-state index is 0.113. The van der Waals surface area contributed by atoms with Crippen LogP contribution >= 0.6 is 0 Å². The first-order chi connectivity index (χ1) is 7.67. The molecule has 0 aromatic heterocycles. The Morgan fingerprint density at radius 1 is 1.31 bits per heavy atom. The molecule has 1 rings (SSSR count). The lowest BCUT2D eigenvalue weighted by Crippen LogP contribution is -2.36. The molecule has 1 unspecified atom stereocenters. The van der Waals surface area contributed by atoms with Crippen LogP contribution in [0.15, 0.2) is 24.3 Å². The van der Waals surface area contributed by atoms with Gasteiger partial charge < -0.3 is 14.8 Å². The van der Waals surface area contributed by atoms with E-state index in [-0.39, 0.29) is 5.91 Å². The highest BCUT2D eigenvalue weighted by atomic mass is 16.5. The smallest absolute Gasteiger partial charge is 0.260 e. The normalized spacial score (nSPS) is 11.7. The van der Waals surface area contributed by atoms with Crippen molar-refractivity contribution in [2.45, 2.75) is 20.0 Å². The van der Waals surface area contributed by atoms with Gasteiger partial charge in [0.2, 0.25) is 0 Å². The van der Waals surface area contributed by atoms with Crippen molar-refractivity contribution >= 4 is 5.91 Å². The quantitative estimate of drug-likeness (QED) is 0.824. The molecule has 0 saturated carbocycles. The minimum Gasteiger partial charge on any atom is -0.497 e. The highest BCUT2D eigenvalue weighted by molar-refractivity contribution is 5.80. The molecule has 0 saturated heterocycles. The van der Waals surface area contributed by atoms with Gasteiger partial charge in [0.1, 0.15) is 11.5 Å². The average molecular weight is 223 g/mol. The average Bonchev–Trinajstić information content (AvgIpc) is 2.30. The van der Waals surface area contributed by atoms with Crippen molar-refractivity contribution in [3.05, 3.63) is 24.3 Å². The minimum atomic E-state index is -0.492. The number of ether oxygens (including phenoxy) is 2. The van der Waals surface area contributed by atoms with E-state index >= 15 is 0 Å². The van der Waals surface area contributed by atoms with Crippen LogP contribution in [0.4, 0.5) is 0 Å². The van der Waals surface area contributed by atoms with Crippen LogP contribution < -0.4 is 14.8 Å². The van der Waals surface area contributed by atoms with Crippen LogP contribution in [0, 0.1) is 0 Å². The lowest BCUT2D eigenvalue weighted by molar-refractivity contribution is -0.127. The van der Waals surface area contributed by atoms with E-state index < -0.39 is 6.10 Å². The predicted octanol–water partition coefficient (Wildman–Crippen LogP) is 1.60. The molecule has 1 aromatic carbocycles. The Hall–Kier alpha value is -1.71. The highest BCUT2D eigenvalue weighted by Crippen LogP contribution is 2.18. The lowest BCUT2D eigenvalue weighted by Gasteiger charge is -2.14. The van der Waals surface area contributed by atoms with Crippen LogP contribution in [0.5, 0.6) is 11.5 Å². The summed E-state index contributed by atoms with van der Waals surface area (Å²) in [5.74, 6) is 1.30. The fourth-order valence-corrected chi connectivity index (χ4v) is 1.23. The third kappa shape index (κ3) is 3.46. The van der Waals surface area contributed by atoms with E-state index in [0.717, 1.165) is 5.75 Å². The molecule has 88 valence electrons. The molecule has 0 bridgehead atoms. The molecule has 0 heterocycles. The molecule has 1 atom stereocenters. The zero-order valence-corrected chi connectivity index (χ0v) is 9.82. The topological polar surface area (TPSA) is 47.6 Å². The summed E-state index contributed by atoms with van der Waals surface area (Å²) in [5.41, 5.74) is 0. The molecule has 0 radical (unpaired) electrons. The Morgan fingerprint density at radius 2 is 1.88 bits per heavy atom. The number of likely N-dealkylation sites (N-methyl/N-ethyl adjacent to an activating group) is 1. The number of amides is 1. The zero-order valence-electron chi connectivity index (χ0n) is 9.82. The Morgan fingerprint density at radius 3 is 2.38 bits per heavy atom. The van der Waals surface area contributed by atoms with E-state index in [1.165, 1.54) is 0 Å². The maximum absolute atomic E-state index is 11.4. The number of nitrogens with one attached hydrogen (secondary N) is 1. The van der Waals surface area contributed by atoms with Gasteiger partial charge >= 0.3 is 0 Å². The Bertz CT molecular complexity index is 335. The van der Waals surface area contributed by atoms with Crippen LogP contribution in [0.3, 0.4) is 0 Å². The first-order valence-electron chi connectivity index (χ1n) is 5.25. The van der Waals surface area contributed by atoms with Gasteiger partial charge in [-0.1, -0.05) is 0 Å². The van der Waals surface area contributed by atoms with Gasteiger partial charge in [-0.25, -0.2) is 0 Å². The SMILES string of the molecule is CCNC(=O)C(C)Oc1ccc(OC)cc1. The largest absolute Gasteiger partial charge is 0.497 e. The van der Waals surface area contributed by atoms with Crippen molar-refractivity contribution in [2.24, 2.45) is 0 Å². The number of hydrogen-bond donors (Lipinski definition) is 1. The standard InChI is InChI=1S/C12H17NO3/c1-4-13-12(14)9(2)16-11-7-5-10(15-3)6-8-11/h5-9H,4H2,1-3H3,(H,13,14). The van der Waals surface area contributed by atoms with Crippen molar-refractivity contribution in [3.8, 4) is 11.5 Å². The molecule has 0 spiro atoms. The summed E-state index contributed by atoms with van der Waals surface area (Å²) >= 11 is 0. The molecule has 4 heteroatoms. The van der Waals surface area contributed by atoms with E-state index in [1.807, 2.05) is 6.92 Å². The third-order valence-corrected chi connectivity index (χ3v) is 2.09. The molecule has 1 N–H and O–H groups in total. The summed E-state index contributed by atoms with van der Waals surface area (Å²) in [6, 6.07) is 7.13. The van der Waals surface area contributed by atoms with Gasteiger partial charge in [0.25, 0.3) is 5.91 Å². The van der Waals surface area contributed by atoms with E-state index in [1.54, 1.807) is 38.3 Å². The summed E-state index contributed by atoms with van der Waals surface area (Å²) < 4.78 is 10.5. The van der Waals surface area contributed by atoms with Gasteiger partial charge in [0.15, 0.2) is 6.10 Å². The number of methoxy groups -OCH3 is 1. The van der Waals surface area contributed by atoms with Crippen molar-refractivity contribution in [1.82, 2.24) is 5.32 Å². The van der Waals surface area contributed by atoms with Crippen LogP contribution in [0.2, 0.25) is 0 Å². The molecule has 4 nitrogen and oxygen atoms in total. The van der Waals surface area contributed by atoms with Crippen LogP contribution in [-0.2, 0) is 4.79 Å². The van der Waals surface area contributed by atoms with Crippen LogP contribution in [0.1, 0.15) is 13.8 Å².